The monoisotopic (exact) mass is 692 g/mol. The standard InChI is InChI=1S/C41H60N2O5S/c1-4-6-8-10-12-17-29-43(30-18-13-11-9-7-5-2)31-39-33(3)40(35-23-21-34(32-44)22-24-35)48-41(47-39)36-25-27-37(28-26-36)42-49(45,46)38-19-15-14-16-20-38/h14-16,19-28,33,39-42,44H,4-13,17-18,29-32H2,1-3H3/t33-,39+,40+,41+/m0/s1. The van der Waals surface area contributed by atoms with Crippen molar-refractivity contribution in [2.75, 3.05) is 24.4 Å². The molecule has 0 spiro atoms. The van der Waals surface area contributed by atoms with Gasteiger partial charge < -0.3 is 19.5 Å². The molecule has 4 atom stereocenters. The number of hydrogen-bond donors (Lipinski definition) is 2. The van der Waals surface area contributed by atoms with E-state index in [9.17, 15) is 13.5 Å². The predicted octanol–water partition coefficient (Wildman–Crippen LogP) is 9.79. The van der Waals surface area contributed by atoms with E-state index in [1.165, 1.54) is 77.0 Å². The summed E-state index contributed by atoms with van der Waals surface area (Å²) in [7, 11) is -3.70. The highest BCUT2D eigenvalue weighted by atomic mass is 32.2. The largest absolute Gasteiger partial charge is 0.392 e. The normalized spacial score (nSPS) is 19.7. The van der Waals surface area contributed by atoms with Gasteiger partial charge in [-0.2, -0.15) is 0 Å². The maximum absolute atomic E-state index is 12.9. The molecule has 1 aliphatic rings. The highest BCUT2D eigenvalue weighted by Crippen LogP contribution is 2.42. The lowest BCUT2D eigenvalue weighted by molar-refractivity contribution is -0.276. The number of rotatable bonds is 22. The Labute approximate surface area is 296 Å². The average molecular weight is 693 g/mol. The molecule has 3 aromatic carbocycles. The fraction of sp³-hybridized carbons (Fsp3) is 0.561. The van der Waals surface area contributed by atoms with Crippen molar-refractivity contribution in [2.24, 2.45) is 5.92 Å². The number of hydrogen-bond acceptors (Lipinski definition) is 6. The third kappa shape index (κ3) is 12.5. The zero-order valence-electron chi connectivity index (χ0n) is 30.1. The molecule has 0 aliphatic carbocycles. The Morgan fingerprint density at radius 2 is 1.24 bits per heavy atom. The van der Waals surface area contributed by atoms with Gasteiger partial charge in [-0.1, -0.05) is 140 Å². The van der Waals surface area contributed by atoms with Crippen molar-refractivity contribution in [1.82, 2.24) is 4.90 Å². The van der Waals surface area contributed by atoms with Gasteiger partial charge in [-0.3, -0.25) is 4.72 Å². The van der Waals surface area contributed by atoms with E-state index in [4.69, 9.17) is 9.47 Å². The SMILES string of the molecule is CCCCCCCCN(CCCCCCCC)C[C@H]1O[C@@H](c2ccc(NS(=O)(=O)c3ccccc3)cc2)O[C@@H](c2ccc(CO)cc2)[C@H]1C. The summed E-state index contributed by atoms with van der Waals surface area (Å²) in [4.78, 5) is 2.84. The summed E-state index contributed by atoms with van der Waals surface area (Å²) in [6.07, 6.45) is 14.5. The number of aliphatic hydroxyl groups excluding tert-OH is 1. The number of sulfonamides is 1. The first-order valence-electron chi connectivity index (χ1n) is 18.8. The van der Waals surface area contributed by atoms with Gasteiger partial charge in [0.1, 0.15) is 0 Å². The average Bonchev–Trinajstić information content (AvgIpc) is 3.12. The molecule has 0 aromatic heterocycles. The highest BCUT2D eigenvalue weighted by molar-refractivity contribution is 7.92. The lowest BCUT2D eigenvalue weighted by atomic mass is 9.90. The Balaban J connectivity index is 1.50. The third-order valence-corrected chi connectivity index (χ3v) is 11.1. The van der Waals surface area contributed by atoms with E-state index >= 15 is 0 Å². The Morgan fingerprint density at radius 3 is 1.82 bits per heavy atom. The zero-order valence-corrected chi connectivity index (χ0v) is 30.9. The summed E-state index contributed by atoms with van der Waals surface area (Å²) < 4.78 is 42.0. The molecule has 1 heterocycles. The minimum atomic E-state index is -3.70. The van der Waals surface area contributed by atoms with E-state index in [1.54, 1.807) is 42.5 Å². The van der Waals surface area contributed by atoms with Crippen LogP contribution in [0.1, 0.15) is 127 Å². The first-order valence-corrected chi connectivity index (χ1v) is 20.2. The van der Waals surface area contributed by atoms with E-state index in [-0.39, 0.29) is 29.6 Å². The van der Waals surface area contributed by atoms with Crippen LogP contribution < -0.4 is 4.72 Å². The first-order chi connectivity index (χ1) is 23.8. The van der Waals surface area contributed by atoms with E-state index in [0.29, 0.717) is 5.69 Å². The van der Waals surface area contributed by atoms with E-state index in [2.05, 4.69) is 42.5 Å². The molecule has 270 valence electrons. The Bertz CT molecular complexity index is 1420. The summed E-state index contributed by atoms with van der Waals surface area (Å²) in [6, 6.07) is 23.7. The lowest BCUT2D eigenvalue weighted by Gasteiger charge is -2.43. The molecule has 0 saturated carbocycles. The Morgan fingerprint density at radius 1 is 0.694 bits per heavy atom. The third-order valence-electron chi connectivity index (χ3n) is 9.71. The molecule has 49 heavy (non-hydrogen) atoms. The number of nitrogens with zero attached hydrogens (tertiary/aromatic N) is 1. The van der Waals surface area contributed by atoms with Crippen molar-refractivity contribution in [3.63, 3.8) is 0 Å². The fourth-order valence-corrected chi connectivity index (χ4v) is 7.71. The molecule has 0 bridgehead atoms. The lowest BCUT2D eigenvalue weighted by Crippen LogP contribution is -2.45. The van der Waals surface area contributed by atoms with Gasteiger partial charge in [-0.05, 0) is 61.3 Å². The summed E-state index contributed by atoms with van der Waals surface area (Å²) >= 11 is 0. The van der Waals surface area contributed by atoms with Crippen LogP contribution in [0.15, 0.2) is 83.8 Å². The fourth-order valence-electron chi connectivity index (χ4n) is 6.63. The van der Waals surface area contributed by atoms with Crippen molar-refractivity contribution >= 4 is 15.7 Å². The molecule has 0 radical (unpaired) electrons. The van der Waals surface area contributed by atoms with E-state index < -0.39 is 16.3 Å². The molecule has 4 rings (SSSR count). The van der Waals surface area contributed by atoms with Crippen LogP contribution in [0.4, 0.5) is 5.69 Å². The van der Waals surface area contributed by atoms with Gasteiger partial charge in [0.15, 0.2) is 6.29 Å². The maximum Gasteiger partial charge on any atom is 0.261 e. The van der Waals surface area contributed by atoms with Gasteiger partial charge in [-0.25, -0.2) is 8.42 Å². The summed E-state index contributed by atoms with van der Waals surface area (Å²) in [5.41, 5.74) is 3.26. The van der Waals surface area contributed by atoms with Crippen LogP contribution in [0.5, 0.6) is 0 Å². The van der Waals surface area contributed by atoms with Gasteiger partial charge in [0.05, 0.1) is 23.7 Å². The van der Waals surface area contributed by atoms with Crippen molar-refractivity contribution in [3.8, 4) is 0 Å². The zero-order chi connectivity index (χ0) is 34.9. The number of ether oxygens (including phenoxy) is 2. The minimum absolute atomic E-state index is 0.00193. The highest BCUT2D eigenvalue weighted by Gasteiger charge is 2.39. The molecular weight excluding hydrogens is 633 g/mol. The number of unbranched alkanes of at least 4 members (excludes halogenated alkanes) is 10. The molecule has 0 unspecified atom stereocenters. The molecule has 1 saturated heterocycles. The molecule has 2 N–H and O–H groups in total. The van der Waals surface area contributed by atoms with Crippen molar-refractivity contribution in [2.45, 2.75) is 128 Å². The van der Waals surface area contributed by atoms with Crippen LogP contribution in [-0.2, 0) is 26.1 Å². The second kappa shape index (κ2) is 20.8. The first kappa shape index (κ1) is 39.0. The molecule has 3 aromatic rings. The predicted molar refractivity (Wildman–Crippen MR) is 200 cm³/mol. The van der Waals surface area contributed by atoms with Crippen molar-refractivity contribution in [1.29, 1.82) is 0 Å². The smallest absolute Gasteiger partial charge is 0.261 e. The van der Waals surface area contributed by atoms with Crippen LogP contribution in [0.25, 0.3) is 0 Å². The van der Waals surface area contributed by atoms with Crippen LogP contribution >= 0.6 is 0 Å². The molecule has 0 amide bonds. The summed E-state index contributed by atoms with van der Waals surface area (Å²) in [5.74, 6) is 0.102. The van der Waals surface area contributed by atoms with Gasteiger partial charge in [-0.15, -0.1) is 0 Å². The number of benzene rings is 3. The Hall–Kier alpha value is -2.75. The van der Waals surface area contributed by atoms with Crippen molar-refractivity contribution in [3.05, 3.63) is 95.6 Å². The topological polar surface area (TPSA) is 88.1 Å². The molecule has 1 aliphatic heterocycles. The quantitative estimate of drug-likeness (QED) is 0.102. The van der Waals surface area contributed by atoms with E-state index in [0.717, 1.165) is 36.3 Å². The summed E-state index contributed by atoms with van der Waals surface area (Å²) in [6.45, 7) is 9.74. The second-order valence-corrected chi connectivity index (χ2v) is 15.4. The maximum atomic E-state index is 12.9. The Kier molecular flexibility index (Phi) is 16.6. The number of anilines is 1. The van der Waals surface area contributed by atoms with Gasteiger partial charge in [0.2, 0.25) is 0 Å². The molecule has 8 heteroatoms. The van der Waals surface area contributed by atoms with E-state index in [1.807, 2.05) is 24.3 Å². The van der Waals surface area contributed by atoms with Gasteiger partial charge in [0, 0.05) is 23.7 Å². The molecule has 7 nitrogen and oxygen atoms in total. The summed E-state index contributed by atoms with van der Waals surface area (Å²) in [5, 5.41) is 9.64. The number of nitrogens with one attached hydrogen (secondary N) is 1. The van der Waals surface area contributed by atoms with Crippen LogP contribution in [0.2, 0.25) is 0 Å². The van der Waals surface area contributed by atoms with Crippen LogP contribution in [0, 0.1) is 5.92 Å². The molecule has 1 fully saturated rings. The molecular formula is C41H60N2O5S. The second-order valence-electron chi connectivity index (χ2n) is 13.7. The number of aliphatic hydroxyl groups is 1. The van der Waals surface area contributed by atoms with Crippen molar-refractivity contribution < 1.29 is 23.0 Å². The van der Waals surface area contributed by atoms with Crippen LogP contribution in [0.3, 0.4) is 0 Å². The minimum Gasteiger partial charge on any atom is -0.392 e. The van der Waals surface area contributed by atoms with Gasteiger partial charge in [0.25, 0.3) is 10.0 Å². The van der Waals surface area contributed by atoms with Gasteiger partial charge >= 0.3 is 0 Å². The van der Waals surface area contributed by atoms with Crippen LogP contribution in [-0.4, -0.2) is 44.2 Å².